The Labute approximate surface area is 115 Å². The van der Waals surface area contributed by atoms with E-state index in [1.807, 2.05) is 6.92 Å². The summed E-state index contributed by atoms with van der Waals surface area (Å²) < 4.78 is 5.15. The maximum atomic E-state index is 12.0. The highest BCUT2D eigenvalue weighted by atomic mass is 16.7. The van der Waals surface area contributed by atoms with Gasteiger partial charge < -0.3 is 10.1 Å². The number of hydrogen-bond acceptors (Lipinski definition) is 4. The van der Waals surface area contributed by atoms with E-state index in [-0.39, 0.29) is 5.91 Å². The van der Waals surface area contributed by atoms with Gasteiger partial charge in [0.05, 0.1) is 5.06 Å². The van der Waals surface area contributed by atoms with Crippen molar-refractivity contribution >= 4 is 12.0 Å². The van der Waals surface area contributed by atoms with Crippen molar-refractivity contribution in [3.05, 3.63) is 0 Å². The monoisotopic (exact) mass is 274 g/mol. The van der Waals surface area contributed by atoms with Crippen LogP contribution in [0.3, 0.4) is 0 Å². The fraction of sp³-hybridized carbons (Fsp3) is 0.846. The highest BCUT2D eigenvalue weighted by Crippen LogP contribution is 2.09. The van der Waals surface area contributed by atoms with Crippen molar-refractivity contribution in [2.45, 2.75) is 58.6 Å². The predicted molar refractivity (Wildman–Crippen MR) is 72.8 cm³/mol. The third kappa shape index (κ3) is 7.79. The summed E-state index contributed by atoms with van der Waals surface area (Å²) in [6, 6.07) is -0.625. The number of rotatable bonds is 6. The van der Waals surface area contributed by atoms with E-state index in [9.17, 15) is 9.59 Å². The number of hydrogen-bond donors (Lipinski definition) is 1. The van der Waals surface area contributed by atoms with Crippen LogP contribution in [-0.2, 0) is 14.4 Å². The Bertz CT molecular complexity index is 300. The predicted octanol–water partition coefficient (Wildman–Crippen LogP) is 1.93. The van der Waals surface area contributed by atoms with Crippen LogP contribution in [0.4, 0.5) is 4.79 Å². The number of alkyl carbamates (subject to hydrolysis) is 1. The van der Waals surface area contributed by atoms with Crippen LogP contribution in [-0.4, -0.2) is 37.8 Å². The molecule has 0 aliphatic heterocycles. The topological polar surface area (TPSA) is 70.5 Å². The molecule has 6 nitrogen and oxygen atoms in total. The molecule has 1 N–H and O–H groups in total. The van der Waals surface area contributed by atoms with Gasteiger partial charge in [0.2, 0.25) is 0 Å². The zero-order valence-corrected chi connectivity index (χ0v) is 12.8. The van der Waals surface area contributed by atoms with E-state index in [0.717, 1.165) is 17.9 Å². The summed E-state index contributed by atoms with van der Waals surface area (Å²) >= 11 is 0. The molecule has 0 aromatic carbocycles. The van der Waals surface area contributed by atoms with E-state index in [1.165, 1.54) is 14.2 Å². The molecule has 0 saturated carbocycles. The van der Waals surface area contributed by atoms with Crippen molar-refractivity contribution in [2.24, 2.45) is 0 Å². The maximum absolute atomic E-state index is 12.0. The second-order valence-corrected chi connectivity index (χ2v) is 5.36. The summed E-state index contributed by atoms with van der Waals surface area (Å²) in [4.78, 5) is 28.6. The standard InChI is InChI=1S/C13H26N2O4/c1-7-8-9-10(11(16)15(5)18-6)14-12(17)19-13(2,3)4/h10H,7-9H2,1-6H3,(H,14,17)/q+1/t10-/m0/s1. The van der Waals surface area contributed by atoms with Gasteiger partial charge in [-0.05, 0) is 27.2 Å². The van der Waals surface area contributed by atoms with Crippen molar-refractivity contribution in [2.75, 3.05) is 14.2 Å². The molecule has 0 heterocycles. The first-order valence-corrected chi connectivity index (χ1v) is 6.52. The minimum absolute atomic E-state index is 0.290. The van der Waals surface area contributed by atoms with E-state index in [1.54, 1.807) is 20.8 Å². The summed E-state index contributed by atoms with van der Waals surface area (Å²) in [5, 5.41) is 3.70. The van der Waals surface area contributed by atoms with Gasteiger partial charge in [-0.25, -0.2) is 9.59 Å². The number of amides is 2. The molecule has 0 fully saturated rings. The molecule has 0 aliphatic rings. The van der Waals surface area contributed by atoms with Gasteiger partial charge in [0, 0.05) is 0 Å². The molecular formula is C13H26N2O4+. The molecule has 2 amide bonds. The molecule has 111 valence electrons. The van der Waals surface area contributed by atoms with E-state index in [2.05, 4.69) is 5.32 Å². The third-order valence-corrected chi connectivity index (χ3v) is 2.42. The molecule has 1 atom stereocenters. The Kier molecular flexibility index (Phi) is 7.63. The Morgan fingerprint density at radius 1 is 1.32 bits per heavy atom. The summed E-state index contributed by atoms with van der Waals surface area (Å²) in [5.74, 6) is -0.290. The normalized spacial score (nSPS) is 13.2. The third-order valence-electron chi connectivity index (χ3n) is 2.42. The lowest BCUT2D eigenvalue weighted by molar-refractivity contribution is -0.147. The van der Waals surface area contributed by atoms with E-state index in [0.29, 0.717) is 6.42 Å². The molecule has 0 unspecified atom stereocenters. The molecule has 1 radical (unpaired) electrons. The van der Waals surface area contributed by atoms with Gasteiger partial charge in [-0.3, -0.25) is 0 Å². The second kappa shape index (κ2) is 8.12. The fourth-order valence-corrected chi connectivity index (χ4v) is 1.42. The van der Waals surface area contributed by atoms with Crippen LogP contribution in [0, 0.1) is 0 Å². The molecule has 0 bridgehead atoms. The van der Waals surface area contributed by atoms with Gasteiger partial charge >= 0.3 is 12.0 Å². The molecule has 0 aromatic heterocycles. The Morgan fingerprint density at radius 2 is 1.89 bits per heavy atom. The van der Waals surface area contributed by atoms with Crippen LogP contribution in [0.1, 0.15) is 47.0 Å². The first kappa shape index (κ1) is 17.9. The average Bonchev–Trinajstić information content (AvgIpc) is 2.30. The average molecular weight is 274 g/mol. The SMILES string of the molecule is CCCC[C@H](NC(=O)OC(C)(C)C)C(=O)[N+](C)OC. The summed E-state index contributed by atoms with van der Waals surface area (Å²) in [7, 11) is 2.92. The van der Waals surface area contributed by atoms with E-state index < -0.39 is 17.7 Å². The number of nitrogens with zero attached hydrogens (tertiary/aromatic N) is 1. The molecule has 0 spiro atoms. The second-order valence-electron chi connectivity index (χ2n) is 5.36. The number of unbranched alkanes of at least 4 members (excludes halogenated alkanes) is 1. The number of carbonyl (C=O) groups is 2. The van der Waals surface area contributed by atoms with Crippen molar-refractivity contribution in [3.8, 4) is 0 Å². The molecular weight excluding hydrogens is 248 g/mol. The van der Waals surface area contributed by atoms with Gasteiger partial charge in [-0.15, -0.1) is 4.84 Å². The first-order chi connectivity index (χ1) is 8.71. The molecule has 6 heteroatoms. The summed E-state index contributed by atoms with van der Waals surface area (Å²) in [5.41, 5.74) is -0.588. The number of ether oxygens (including phenoxy) is 1. The van der Waals surface area contributed by atoms with Crippen molar-refractivity contribution in [1.29, 1.82) is 0 Å². The molecule has 19 heavy (non-hydrogen) atoms. The van der Waals surface area contributed by atoms with Gasteiger partial charge in [-0.1, -0.05) is 19.8 Å². The van der Waals surface area contributed by atoms with Crippen LogP contribution in [0.15, 0.2) is 0 Å². The molecule has 0 saturated heterocycles. The summed E-state index contributed by atoms with van der Waals surface area (Å²) in [6.45, 7) is 7.35. The van der Waals surface area contributed by atoms with Gasteiger partial charge in [-0.2, -0.15) is 0 Å². The lowest BCUT2D eigenvalue weighted by Crippen LogP contribution is -2.50. The minimum atomic E-state index is -0.625. The largest absolute Gasteiger partial charge is 0.444 e. The number of likely N-dealkylation sites (N-methyl/N-ethyl adjacent to an activating group) is 1. The minimum Gasteiger partial charge on any atom is -0.444 e. The van der Waals surface area contributed by atoms with Crippen LogP contribution >= 0.6 is 0 Å². The Morgan fingerprint density at radius 3 is 2.32 bits per heavy atom. The number of hydroxylamine groups is 2. The highest BCUT2D eigenvalue weighted by molar-refractivity contribution is 5.86. The Balaban J connectivity index is 4.59. The molecule has 0 aromatic rings. The first-order valence-electron chi connectivity index (χ1n) is 6.52. The van der Waals surface area contributed by atoms with Crippen LogP contribution in [0.5, 0.6) is 0 Å². The smallest absolute Gasteiger partial charge is 0.419 e. The van der Waals surface area contributed by atoms with Gasteiger partial charge in [0.15, 0.2) is 13.1 Å². The number of nitrogens with one attached hydrogen (secondary N) is 1. The fourth-order valence-electron chi connectivity index (χ4n) is 1.42. The maximum Gasteiger partial charge on any atom is 0.419 e. The Hall–Kier alpha value is -1.14. The lowest BCUT2D eigenvalue weighted by Gasteiger charge is -2.22. The lowest BCUT2D eigenvalue weighted by atomic mass is 10.1. The quantitative estimate of drug-likeness (QED) is 0.593. The molecule has 0 rings (SSSR count). The summed E-state index contributed by atoms with van der Waals surface area (Å²) in [6.07, 6.45) is 1.74. The van der Waals surface area contributed by atoms with Gasteiger partial charge in [0.25, 0.3) is 0 Å². The van der Waals surface area contributed by atoms with Crippen molar-refractivity contribution in [3.63, 3.8) is 0 Å². The van der Waals surface area contributed by atoms with Crippen LogP contribution in [0.25, 0.3) is 0 Å². The van der Waals surface area contributed by atoms with E-state index >= 15 is 0 Å². The highest BCUT2D eigenvalue weighted by Gasteiger charge is 2.34. The van der Waals surface area contributed by atoms with Gasteiger partial charge in [0.1, 0.15) is 12.7 Å². The zero-order valence-electron chi connectivity index (χ0n) is 12.8. The van der Waals surface area contributed by atoms with Crippen LogP contribution in [0.2, 0.25) is 0 Å². The molecule has 0 aliphatic carbocycles. The zero-order chi connectivity index (χ0) is 15.1. The van der Waals surface area contributed by atoms with Crippen molar-refractivity contribution in [1.82, 2.24) is 10.4 Å². The number of carbonyl (C=O) groups excluding carboxylic acids is 2. The van der Waals surface area contributed by atoms with E-state index in [4.69, 9.17) is 9.57 Å². The van der Waals surface area contributed by atoms with Crippen LogP contribution < -0.4 is 10.4 Å². The van der Waals surface area contributed by atoms with Crippen molar-refractivity contribution < 1.29 is 19.2 Å².